The molecule has 14 heteroatoms. The number of hydrogen-bond acceptors (Lipinski definition) is 6. The summed E-state index contributed by atoms with van der Waals surface area (Å²) < 4.78 is 12.2. The van der Waals surface area contributed by atoms with Crippen LogP contribution < -0.4 is 10.1 Å². The van der Waals surface area contributed by atoms with E-state index in [9.17, 15) is 19.2 Å². The number of morpholine rings is 1. The number of fused-ring (bicyclic) bond motifs is 1. The van der Waals surface area contributed by atoms with E-state index in [1.54, 1.807) is 12.1 Å². The molecular weight excluding hydrogens is 492 g/mol. The van der Waals surface area contributed by atoms with Gasteiger partial charge >= 0.3 is 0 Å². The van der Waals surface area contributed by atoms with Crippen LogP contribution in [0.5, 0.6) is 5.75 Å². The summed E-state index contributed by atoms with van der Waals surface area (Å²) in [5, 5.41) is 0.985. The van der Waals surface area contributed by atoms with Crippen molar-refractivity contribution in [2.24, 2.45) is 0 Å². The SMILES string of the molecule is BC1N(Cc2ccc(COc3cccc4c3CN(C3CCC(=O)NC3=O)C4=O)cc2)C(=O)C(B)(B)OC1(B)B. The number of piperidine rings is 1. The maximum atomic E-state index is 13.1. The zero-order valence-electron chi connectivity index (χ0n) is 23.1. The molecule has 0 bridgehead atoms. The van der Waals surface area contributed by atoms with E-state index in [0.29, 0.717) is 30.9 Å². The third-order valence-electron chi connectivity index (χ3n) is 8.08. The molecule has 0 radical (unpaired) electrons. The largest absolute Gasteiger partial charge is 0.489 e. The summed E-state index contributed by atoms with van der Waals surface area (Å²) in [6.07, 6.45) is 0.529. The lowest BCUT2D eigenvalue weighted by Crippen LogP contribution is -2.71. The van der Waals surface area contributed by atoms with Gasteiger partial charge in [-0.1, -0.05) is 30.3 Å². The van der Waals surface area contributed by atoms with E-state index in [-0.39, 0.29) is 36.6 Å². The van der Waals surface area contributed by atoms with Crippen molar-refractivity contribution in [1.82, 2.24) is 15.1 Å². The lowest BCUT2D eigenvalue weighted by atomic mass is 9.50. The quantitative estimate of drug-likeness (QED) is 0.308. The monoisotopic (exact) mass is 523 g/mol. The maximum Gasteiger partial charge on any atom is 0.255 e. The van der Waals surface area contributed by atoms with Crippen molar-refractivity contribution in [3.05, 3.63) is 64.7 Å². The van der Waals surface area contributed by atoms with Crippen LogP contribution in [0.25, 0.3) is 0 Å². The van der Waals surface area contributed by atoms with Gasteiger partial charge in [0.15, 0.2) is 0 Å². The highest BCUT2D eigenvalue weighted by atomic mass is 16.5. The predicted molar refractivity (Wildman–Crippen MR) is 157 cm³/mol. The van der Waals surface area contributed by atoms with Gasteiger partial charge in [0.05, 0.1) is 11.9 Å². The van der Waals surface area contributed by atoms with E-state index in [1.807, 2.05) is 74.5 Å². The van der Waals surface area contributed by atoms with Gasteiger partial charge in [0.2, 0.25) is 17.7 Å². The molecule has 0 aliphatic carbocycles. The molecule has 3 aliphatic rings. The van der Waals surface area contributed by atoms with Crippen molar-refractivity contribution in [3.8, 4) is 5.75 Å². The van der Waals surface area contributed by atoms with E-state index in [1.165, 1.54) is 4.90 Å². The maximum absolute atomic E-state index is 13.1. The van der Waals surface area contributed by atoms with E-state index in [2.05, 4.69) is 5.32 Å². The van der Waals surface area contributed by atoms with Crippen LogP contribution in [0.3, 0.4) is 0 Å². The molecule has 0 spiro atoms. The van der Waals surface area contributed by atoms with Crippen LogP contribution in [0, 0.1) is 0 Å². The van der Waals surface area contributed by atoms with Crippen LogP contribution in [0.1, 0.15) is 39.9 Å². The fraction of sp³-hybridized carbons (Fsp3) is 0.360. The van der Waals surface area contributed by atoms with Crippen molar-refractivity contribution in [3.63, 3.8) is 0 Å². The molecule has 3 heterocycles. The summed E-state index contributed by atoms with van der Waals surface area (Å²) in [6.45, 7) is 1.05. The molecule has 2 fully saturated rings. The summed E-state index contributed by atoms with van der Waals surface area (Å²) in [7, 11) is 9.66. The van der Waals surface area contributed by atoms with E-state index < -0.39 is 22.7 Å². The second-order valence-corrected chi connectivity index (χ2v) is 11.6. The summed E-state index contributed by atoms with van der Waals surface area (Å²) >= 11 is 0. The molecule has 2 saturated heterocycles. The van der Waals surface area contributed by atoms with Gasteiger partial charge in [-0.05, 0) is 29.7 Å². The molecule has 0 saturated carbocycles. The van der Waals surface area contributed by atoms with Crippen molar-refractivity contribution in [2.75, 3.05) is 0 Å². The Bertz CT molecular complexity index is 1350. The molecular formula is C25H30B5N3O6. The van der Waals surface area contributed by atoms with Crippen LogP contribution in [-0.4, -0.2) is 95.4 Å². The Morgan fingerprint density at radius 2 is 1.69 bits per heavy atom. The number of hydrogen-bond donors (Lipinski definition) is 1. The molecule has 196 valence electrons. The van der Waals surface area contributed by atoms with Gasteiger partial charge in [-0.2, -0.15) is 0 Å². The second-order valence-electron chi connectivity index (χ2n) is 11.6. The molecule has 2 atom stereocenters. The Morgan fingerprint density at radius 3 is 2.38 bits per heavy atom. The van der Waals surface area contributed by atoms with Crippen molar-refractivity contribution >= 4 is 62.9 Å². The summed E-state index contributed by atoms with van der Waals surface area (Å²) in [6, 6.07) is 12.6. The molecule has 9 nitrogen and oxygen atoms in total. The molecule has 2 aromatic carbocycles. The normalized spacial score (nSPS) is 23.9. The van der Waals surface area contributed by atoms with Gasteiger partial charge in [0, 0.05) is 35.4 Å². The average Bonchev–Trinajstić information content (AvgIpc) is 3.21. The Labute approximate surface area is 232 Å². The standard InChI is InChI=1S/C25H30B5N3O6/c26-22-24(27,28)39-25(29,30)23(37)33(22)10-13-4-6-14(7-5-13)12-38-18-3-1-2-15-16(18)11-32(21(15)36)17-8-9-19(34)31-20(17)35/h1-7,17,22H,8-12,26-30H2,(H,31,34,35). The topological polar surface area (TPSA) is 105 Å². The summed E-state index contributed by atoms with van der Waals surface area (Å²) in [4.78, 5) is 53.4. The van der Waals surface area contributed by atoms with E-state index in [0.717, 1.165) is 16.7 Å². The molecule has 5 rings (SSSR count). The highest BCUT2D eigenvalue weighted by molar-refractivity contribution is 6.52. The first-order valence-corrected chi connectivity index (χ1v) is 13.4. The van der Waals surface area contributed by atoms with Crippen LogP contribution in [0.4, 0.5) is 0 Å². The number of benzene rings is 2. The Hall–Kier alpha value is -3.40. The first-order valence-electron chi connectivity index (χ1n) is 13.4. The summed E-state index contributed by atoms with van der Waals surface area (Å²) in [5.41, 5.74) is 3.22. The number of ether oxygens (including phenoxy) is 2. The lowest BCUT2D eigenvalue weighted by molar-refractivity contribution is -0.160. The number of nitrogens with one attached hydrogen (secondary N) is 1. The van der Waals surface area contributed by atoms with Crippen LogP contribution >= 0.6 is 0 Å². The van der Waals surface area contributed by atoms with Crippen molar-refractivity contribution in [2.45, 2.75) is 55.3 Å². The van der Waals surface area contributed by atoms with Gasteiger partial charge in [-0.15, -0.1) is 0 Å². The van der Waals surface area contributed by atoms with Crippen LogP contribution in [0.2, 0.25) is 0 Å². The van der Waals surface area contributed by atoms with Crippen LogP contribution in [-0.2, 0) is 38.8 Å². The first kappa shape index (κ1) is 27.2. The molecule has 4 amide bonds. The fourth-order valence-electron chi connectivity index (χ4n) is 5.68. The highest BCUT2D eigenvalue weighted by Gasteiger charge is 2.48. The minimum absolute atomic E-state index is 0.0273. The Morgan fingerprint density at radius 1 is 1.00 bits per heavy atom. The van der Waals surface area contributed by atoms with Gasteiger partial charge in [0.1, 0.15) is 57.6 Å². The van der Waals surface area contributed by atoms with Gasteiger partial charge in [0.25, 0.3) is 5.91 Å². The molecule has 1 N–H and O–H groups in total. The number of carbonyl (C=O) groups excluding carboxylic acids is 4. The highest BCUT2D eigenvalue weighted by Crippen LogP contribution is 2.34. The predicted octanol–water partition coefficient (Wildman–Crippen LogP) is -3.82. The van der Waals surface area contributed by atoms with Crippen molar-refractivity contribution < 1.29 is 28.7 Å². The number of amides is 4. The second kappa shape index (κ2) is 9.97. The lowest BCUT2D eigenvalue weighted by Gasteiger charge is -2.52. The number of carbonyl (C=O) groups is 4. The smallest absolute Gasteiger partial charge is 0.255 e. The zero-order chi connectivity index (χ0) is 28.1. The van der Waals surface area contributed by atoms with Crippen LogP contribution in [0.15, 0.2) is 42.5 Å². The van der Waals surface area contributed by atoms with E-state index >= 15 is 0 Å². The van der Waals surface area contributed by atoms with Gasteiger partial charge in [-0.3, -0.25) is 24.5 Å². The molecule has 3 aliphatic heterocycles. The minimum atomic E-state index is -0.880. The molecule has 2 unspecified atom stereocenters. The third-order valence-corrected chi connectivity index (χ3v) is 8.08. The third kappa shape index (κ3) is 5.14. The average molecular weight is 523 g/mol. The Balaban J connectivity index is 1.25. The van der Waals surface area contributed by atoms with Gasteiger partial charge < -0.3 is 19.3 Å². The number of nitrogens with zero attached hydrogens (tertiary/aromatic N) is 2. The Kier molecular flexibility index (Phi) is 6.95. The first-order chi connectivity index (χ1) is 18.4. The van der Waals surface area contributed by atoms with E-state index in [4.69, 9.17) is 9.47 Å². The summed E-state index contributed by atoms with van der Waals surface area (Å²) in [5.74, 6) is -0.488. The zero-order valence-corrected chi connectivity index (χ0v) is 23.1. The molecule has 2 aromatic rings. The fourth-order valence-corrected chi connectivity index (χ4v) is 5.68. The van der Waals surface area contributed by atoms with Gasteiger partial charge in [-0.25, -0.2) is 0 Å². The number of imide groups is 1. The van der Waals surface area contributed by atoms with Crippen molar-refractivity contribution in [1.29, 1.82) is 0 Å². The molecule has 39 heavy (non-hydrogen) atoms. The minimum Gasteiger partial charge on any atom is -0.489 e. The molecule has 0 aromatic heterocycles. The number of rotatable bonds is 6.